The molecule has 1 atom stereocenters. The van der Waals surface area contributed by atoms with Gasteiger partial charge in [0.1, 0.15) is 11.6 Å². The lowest BCUT2D eigenvalue weighted by Gasteiger charge is -2.16. The molecule has 1 aliphatic heterocycles. The van der Waals surface area contributed by atoms with E-state index in [1.807, 2.05) is 25.1 Å². The molecular formula is C23H24F2N2O. The van der Waals surface area contributed by atoms with E-state index in [2.05, 4.69) is 9.88 Å². The molecule has 1 saturated heterocycles. The van der Waals surface area contributed by atoms with Gasteiger partial charge in [-0.1, -0.05) is 18.2 Å². The number of halogens is 2. The molecule has 0 radical (unpaired) electrons. The van der Waals surface area contributed by atoms with Crippen LogP contribution in [0.3, 0.4) is 0 Å². The number of likely N-dealkylation sites (tertiary alicyclic amines) is 1. The molecule has 0 saturated carbocycles. The zero-order valence-corrected chi connectivity index (χ0v) is 16.0. The number of aromatic nitrogens is 1. The number of fused-ring (bicyclic) bond motifs is 1. The smallest absolute Gasteiger partial charge is 0.259 e. The standard InChI is InChI=1S/C23H24F2N2O/c1-15-4-9-21(25)22-20(15)13-19(26-23(22)28)3-2-11-27-12-10-17(14-27)16-5-7-18(24)8-6-16/h4-9,13,17H,2-3,10-12,14H2,1H3,(H,26,28)/t17-/m0/s1. The Balaban J connectivity index is 1.37. The maximum atomic E-state index is 14.0. The van der Waals surface area contributed by atoms with Crippen LogP contribution < -0.4 is 5.56 Å². The normalized spacial score (nSPS) is 17.5. The third kappa shape index (κ3) is 3.85. The molecule has 1 aliphatic rings. The molecule has 3 aromatic rings. The first-order valence-corrected chi connectivity index (χ1v) is 9.80. The molecule has 2 heterocycles. The minimum atomic E-state index is -0.475. The van der Waals surface area contributed by atoms with Gasteiger partial charge in [0.05, 0.1) is 5.39 Å². The van der Waals surface area contributed by atoms with Gasteiger partial charge in [-0.25, -0.2) is 8.78 Å². The molecule has 1 fully saturated rings. The van der Waals surface area contributed by atoms with Crippen molar-refractivity contribution in [1.82, 2.24) is 9.88 Å². The van der Waals surface area contributed by atoms with Crippen LogP contribution in [0.25, 0.3) is 10.8 Å². The summed E-state index contributed by atoms with van der Waals surface area (Å²) in [5, 5.41) is 0.835. The maximum absolute atomic E-state index is 14.0. The molecule has 1 aromatic heterocycles. The van der Waals surface area contributed by atoms with E-state index < -0.39 is 5.82 Å². The second-order valence-corrected chi connectivity index (χ2v) is 7.72. The van der Waals surface area contributed by atoms with Gasteiger partial charge < -0.3 is 9.88 Å². The minimum Gasteiger partial charge on any atom is -0.326 e. The molecule has 1 N–H and O–H groups in total. The molecule has 3 nitrogen and oxygen atoms in total. The number of benzene rings is 2. The predicted molar refractivity (Wildman–Crippen MR) is 108 cm³/mol. The molecule has 28 heavy (non-hydrogen) atoms. The highest BCUT2D eigenvalue weighted by atomic mass is 19.1. The minimum absolute atomic E-state index is 0.144. The summed E-state index contributed by atoms with van der Waals surface area (Å²) < 4.78 is 27.1. The number of hydrogen-bond donors (Lipinski definition) is 1. The van der Waals surface area contributed by atoms with Gasteiger partial charge in [0, 0.05) is 12.2 Å². The topological polar surface area (TPSA) is 36.1 Å². The summed E-state index contributed by atoms with van der Waals surface area (Å²) in [7, 11) is 0. The Morgan fingerprint density at radius 2 is 1.93 bits per heavy atom. The summed E-state index contributed by atoms with van der Waals surface area (Å²) in [5.41, 5.74) is 2.59. The Bertz CT molecular complexity index is 1040. The second kappa shape index (κ2) is 7.84. The van der Waals surface area contributed by atoms with Gasteiger partial charge in [-0.2, -0.15) is 0 Å². The van der Waals surface area contributed by atoms with Crippen LogP contribution in [-0.4, -0.2) is 29.5 Å². The van der Waals surface area contributed by atoms with Crippen LogP contribution in [0.1, 0.15) is 35.6 Å². The fourth-order valence-corrected chi connectivity index (χ4v) is 4.20. The van der Waals surface area contributed by atoms with Crippen LogP contribution in [0.4, 0.5) is 8.78 Å². The summed E-state index contributed by atoms with van der Waals surface area (Å²) in [6.07, 6.45) is 2.75. The van der Waals surface area contributed by atoms with Crippen molar-refractivity contribution in [1.29, 1.82) is 0 Å². The van der Waals surface area contributed by atoms with Crippen LogP contribution in [0.2, 0.25) is 0 Å². The van der Waals surface area contributed by atoms with E-state index in [4.69, 9.17) is 0 Å². The average molecular weight is 382 g/mol. The third-order valence-electron chi connectivity index (χ3n) is 5.77. The summed E-state index contributed by atoms with van der Waals surface area (Å²) in [6.45, 7) is 4.84. The van der Waals surface area contributed by atoms with Gasteiger partial charge in [0.15, 0.2) is 0 Å². The molecule has 146 valence electrons. The van der Waals surface area contributed by atoms with E-state index in [0.29, 0.717) is 11.3 Å². The zero-order valence-electron chi connectivity index (χ0n) is 16.0. The molecule has 0 bridgehead atoms. The Labute approximate surface area is 163 Å². The van der Waals surface area contributed by atoms with Gasteiger partial charge in [0.2, 0.25) is 0 Å². The zero-order chi connectivity index (χ0) is 19.7. The predicted octanol–water partition coefficient (Wildman–Crippen LogP) is 4.54. The Morgan fingerprint density at radius 3 is 2.71 bits per heavy atom. The summed E-state index contributed by atoms with van der Waals surface area (Å²) >= 11 is 0. The number of H-pyrrole nitrogens is 1. The third-order valence-corrected chi connectivity index (χ3v) is 5.77. The molecule has 0 spiro atoms. The molecule has 0 aliphatic carbocycles. The van der Waals surface area contributed by atoms with E-state index in [1.165, 1.54) is 23.8 Å². The molecule has 4 rings (SSSR count). The Kier molecular flexibility index (Phi) is 5.27. The highest BCUT2D eigenvalue weighted by Gasteiger charge is 2.23. The number of nitrogens with zero attached hydrogens (tertiary/aromatic N) is 1. The van der Waals surface area contributed by atoms with Gasteiger partial charge in [-0.05, 0) is 86.0 Å². The van der Waals surface area contributed by atoms with Crippen molar-refractivity contribution in [2.45, 2.75) is 32.1 Å². The highest BCUT2D eigenvalue weighted by molar-refractivity contribution is 5.85. The van der Waals surface area contributed by atoms with Crippen LogP contribution in [0, 0.1) is 18.6 Å². The molecule has 5 heteroatoms. The van der Waals surface area contributed by atoms with Crippen molar-refractivity contribution >= 4 is 10.8 Å². The highest BCUT2D eigenvalue weighted by Crippen LogP contribution is 2.27. The van der Waals surface area contributed by atoms with E-state index in [-0.39, 0.29) is 16.8 Å². The van der Waals surface area contributed by atoms with Gasteiger partial charge in [-0.15, -0.1) is 0 Å². The fraction of sp³-hybridized carbons (Fsp3) is 0.348. The molecule has 0 unspecified atom stereocenters. The summed E-state index contributed by atoms with van der Waals surface area (Å²) in [6, 6.07) is 11.8. The summed E-state index contributed by atoms with van der Waals surface area (Å²) in [5.74, 6) is -0.220. The lowest BCUT2D eigenvalue weighted by Crippen LogP contribution is -2.22. The largest absolute Gasteiger partial charge is 0.326 e. The van der Waals surface area contributed by atoms with Gasteiger partial charge >= 0.3 is 0 Å². The van der Waals surface area contributed by atoms with Crippen molar-refractivity contribution in [3.05, 3.63) is 81.3 Å². The van der Waals surface area contributed by atoms with Gasteiger partial charge in [0.25, 0.3) is 5.56 Å². The van der Waals surface area contributed by atoms with E-state index in [9.17, 15) is 13.6 Å². The lowest BCUT2D eigenvalue weighted by atomic mass is 9.99. The molecular weight excluding hydrogens is 358 g/mol. The number of aryl methyl sites for hydroxylation is 2. The van der Waals surface area contributed by atoms with Crippen molar-refractivity contribution in [3.63, 3.8) is 0 Å². The van der Waals surface area contributed by atoms with Crippen LogP contribution >= 0.6 is 0 Å². The first-order chi connectivity index (χ1) is 13.5. The van der Waals surface area contributed by atoms with Gasteiger partial charge in [-0.3, -0.25) is 4.79 Å². The van der Waals surface area contributed by atoms with Crippen molar-refractivity contribution in [2.75, 3.05) is 19.6 Å². The summed E-state index contributed by atoms with van der Waals surface area (Å²) in [4.78, 5) is 17.5. The number of rotatable bonds is 5. The maximum Gasteiger partial charge on any atom is 0.259 e. The van der Waals surface area contributed by atoms with Crippen LogP contribution in [0.5, 0.6) is 0 Å². The Hall–Kier alpha value is -2.53. The SMILES string of the molecule is Cc1ccc(F)c2c(=O)[nH]c(CCCN3CC[C@H](c4ccc(F)cc4)C3)cc12. The molecule has 0 amide bonds. The Morgan fingerprint density at radius 1 is 1.14 bits per heavy atom. The monoisotopic (exact) mass is 382 g/mol. The number of aromatic amines is 1. The molecule has 2 aromatic carbocycles. The quantitative estimate of drug-likeness (QED) is 0.703. The first-order valence-electron chi connectivity index (χ1n) is 9.80. The van der Waals surface area contributed by atoms with E-state index in [0.717, 1.165) is 50.2 Å². The van der Waals surface area contributed by atoms with Crippen molar-refractivity contribution in [3.8, 4) is 0 Å². The first kappa shape index (κ1) is 18.8. The number of nitrogens with one attached hydrogen (secondary N) is 1. The number of hydrogen-bond acceptors (Lipinski definition) is 2. The fourth-order valence-electron chi connectivity index (χ4n) is 4.20. The van der Waals surface area contributed by atoms with Crippen molar-refractivity contribution < 1.29 is 8.78 Å². The number of pyridine rings is 1. The average Bonchev–Trinajstić information content (AvgIpc) is 3.14. The van der Waals surface area contributed by atoms with E-state index >= 15 is 0 Å². The second-order valence-electron chi connectivity index (χ2n) is 7.72. The lowest BCUT2D eigenvalue weighted by molar-refractivity contribution is 0.329. The van der Waals surface area contributed by atoms with Crippen molar-refractivity contribution in [2.24, 2.45) is 0 Å². The van der Waals surface area contributed by atoms with Crippen LogP contribution in [0.15, 0.2) is 47.3 Å². The van der Waals surface area contributed by atoms with E-state index in [1.54, 1.807) is 6.07 Å². The van der Waals surface area contributed by atoms with Crippen LogP contribution in [-0.2, 0) is 6.42 Å².